The van der Waals surface area contributed by atoms with Gasteiger partial charge < -0.3 is 5.32 Å². The quantitative estimate of drug-likeness (QED) is 0.858. The van der Waals surface area contributed by atoms with Gasteiger partial charge in [0.25, 0.3) is 5.91 Å². The maximum absolute atomic E-state index is 12.0. The Morgan fingerprint density at radius 3 is 3.12 bits per heavy atom. The van der Waals surface area contributed by atoms with Gasteiger partial charge >= 0.3 is 0 Å². The third-order valence-corrected chi connectivity index (χ3v) is 3.39. The number of carbonyl (C=O) groups is 1. The molecule has 0 aliphatic carbocycles. The van der Waals surface area contributed by atoms with Crippen LogP contribution < -0.4 is 5.32 Å². The van der Waals surface area contributed by atoms with Crippen molar-refractivity contribution in [3.05, 3.63) is 27.7 Å². The number of nitrogens with zero attached hydrogens (tertiary/aromatic N) is 3. The molecule has 2 aromatic rings. The van der Waals surface area contributed by atoms with Gasteiger partial charge in [-0.3, -0.25) is 4.79 Å². The fraction of sp³-hybridized carbons (Fsp3) is 0.400. The topological polar surface area (TPSA) is 83.6 Å². The highest BCUT2D eigenvalue weighted by molar-refractivity contribution is 7.12. The van der Waals surface area contributed by atoms with Crippen molar-refractivity contribution in [2.24, 2.45) is 0 Å². The summed E-state index contributed by atoms with van der Waals surface area (Å²) in [5.74, 6) is 0.391. The van der Waals surface area contributed by atoms with Crippen LogP contribution in [0, 0.1) is 0 Å². The molecule has 0 bridgehead atoms. The van der Waals surface area contributed by atoms with Crippen LogP contribution in [0.1, 0.15) is 40.9 Å². The van der Waals surface area contributed by atoms with Crippen LogP contribution in [-0.2, 0) is 6.42 Å². The van der Waals surface area contributed by atoms with Crippen molar-refractivity contribution in [1.82, 2.24) is 25.9 Å². The van der Waals surface area contributed by atoms with Gasteiger partial charge in [0.1, 0.15) is 0 Å². The summed E-state index contributed by atoms with van der Waals surface area (Å²) in [5, 5.41) is 18.3. The summed E-state index contributed by atoms with van der Waals surface area (Å²) in [4.78, 5) is 12.8. The van der Waals surface area contributed by atoms with Gasteiger partial charge in [0.05, 0.1) is 10.9 Å². The van der Waals surface area contributed by atoms with Crippen molar-refractivity contribution >= 4 is 17.2 Å². The third-order valence-electron chi connectivity index (χ3n) is 2.43. The summed E-state index contributed by atoms with van der Waals surface area (Å²) < 4.78 is 0. The van der Waals surface area contributed by atoms with E-state index in [1.54, 1.807) is 0 Å². The zero-order valence-corrected chi connectivity index (χ0v) is 10.4. The van der Waals surface area contributed by atoms with E-state index < -0.39 is 0 Å². The number of carbonyl (C=O) groups excluding carboxylic acids is 1. The second-order valence-corrected chi connectivity index (χ2v) is 4.51. The van der Waals surface area contributed by atoms with Crippen LogP contribution in [0.3, 0.4) is 0 Å². The normalized spacial score (nSPS) is 12.4. The molecule has 2 heterocycles. The largest absolute Gasteiger partial charge is 0.341 e. The van der Waals surface area contributed by atoms with Crippen molar-refractivity contribution in [3.63, 3.8) is 0 Å². The van der Waals surface area contributed by atoms with E-state index in [1.165, 1.54) is 11.3 Å². The third kappa shape index (κ3) is 2.50. The Labute approximate surface area is 102 Å². The van der Waals surface area contributed by atoms with Gasteiger partial charge in [-0.15, -0.1) is 21.5 Å². The van der Waals surface area contributed by atoms with Gasteiger partial charge in [0.2, 0.25) is 0 Å². The first kappa shape index (κ1) is 11.7. The zero-order valence-electron chi connectivity index (χ0n) is 9.60. The number of tetrazole rings is 1. The summed E-state index contributed by atoms with van der Waals surface area (Å²) in [6.45, 7) is 3.85. The summed E-state index contributed by atoms with van der Waals surface area (Å²) in [6.07, 6.45) is 0.850. The van der Waals surface area contributed by atoms with Crippen molar-refractivity contribution in [2.45, 2.75) is 26.3 Å². The summed E-state index contributed by atoms with van der Waals surface area (Å²) >= 11 is 1.45. The number of aromatic amines is 1. The van der Waals surface area contributed by atoms with Crippen LogP contribution in [0.5, 0.6) is 0 Å². The number of amides is 1. The lowest BCUT2D eigenvalue weighted by Gasteiger charge is -2.09. The Balaban J connectivity index is 2.07. The molecule has 0 saturated carbocycles. The minimum atomic E-state index is -0.256. The number of hydrogen-bond acceptors (Lipinski definition) is 5. The summed E-state index contributed by atoms with van der Waals surface area (Å²) in [6, 6.07) is 1.71. The van der Waals surface area contributed by atoms with Crippen LogP contribution in [0.15, 0.2) is 11.4 Å². The fourth-order valence-electron chi connectivity index (χ4n) is 1.49. The molecule has 0 fully saturated rings. The van der Waals surface area contributed by atoms with E-state index in [1.807, 2.05) is 25.3 Å². The molecule has 2 rings (SSSR count). The van der Waals surface area contributed by atoms with Crippen molar-refractivity contribution in [2.75, 3.05) is 0 Å². The van der Waals surface area contributed by atoms with E-state index in [4.69, 9.17) is 0 Å². The monoisotopic (exact) mass is 251 g/mol. The molecular formula is C10H13N5OS. The molecule has 6 nitrogen and oxygen atoms in total. The van der Waals surface area contributed by atoms with Crippen LogP contribution in [-0.4, -0.2) is 26.5 Å². The fourth-order valence-corrected chi connectivity index (χ4v) is 2.39. The Hall–Kier alpha value is -1.76. The number of H-pyrrole nitrogens is 1. The maximum atomic E-state index is 12.0. The second-order valence-electron chi connectivity index (χ2n) is 3.59. The molecule has 0 spiro atoms. The lowest BCUT2D eigenvalue weighted by Crippen LogP contribution is -2.27. The Kier molecular flexibility index (Phi) is 3.48. The van der Waals surface area contributed by atoms with Gasteiger partial charge in [0.15, 0.2) is 5.82 Å². The highest BCUT2D eigenvalue weighted by Gasteiger charge is 2.17. The number of aromatic nitrogens is 4. The molecule has 1 atom stereocenters. The predicted molar refractivity (Wildman–Crippen MR) is 63.8 cm³/mol. The molecule has 0 saturated heterocycles. The summed E-state index contributed by atoms with van der Waals surface area (Å²) in [7, 11) is 0. The molecule has 0 radical (unpaired) electrons. The Morgan fingerprint density at radius 2 is 2.47 bits per heavy atom. The molecule has 0 aliphatic heterocycles. The molecule has 0 aromatic carbocycles. The molecule has 2 aromatic heterocycles. The molecular weight excluding hydrogens is 238 g/mol. The van der Waals surface area contributed by atoms with Gasteiger partial charge in [-0.1, -0.05) is 12.1 Å². The first-order valence-electron chi connectivity index (χ1n) is 5.33. The SMILES string of the molecule is CCc1ccsc1C(=O)NC(C)c1nn[nH]n1. The molecule has 17 heavy (non-hydrogen) atoms. The van der Waals surface area contributed by atoms with Gasteiger partial charge in [-0.05, 0) is 30.4 Å². The van der Waals surface area contributed by atoms with Crippen LogP contribution in [0.2, 0.25) is 0 Å². The minimum Gasteiger partial charge on any atom is -0.341 e. The molecule has 0 aliphatic rings. The van der Waals surface area contributed by atoms with E-state index >= 15 is 0 Å². The molecule has 90 valence electrons. The first-order valence-corrected chi connectivity index (χ1v) is 6.21. The molecule has 2 N–H and O–H groups in total. The standard InChI is InChI=1S/C10H13N5OS/c1-3-7-4-5-17-8(7)10(16)11-6(2)9-12-14-15-13-9/h4-6H,3H2,1-2H3,(H,11,16)(H,12,13,14,15). The number of aryl methyl sites for hydroxylation is 1. The number of nitrogens with one attached hydrogen (secondary N) is 2. The van der Waals surface area contributed by atoms with Crippen LogP contribution >= 0.6 is 11.3 Å². The van der Waals surface area contributed by atoms with Gasteiger partial charge in [0, 0.05) is 0 Å². The van der Waals surface area contributed by atoms with Crippen molar-refractivity contribution < 1.29 is 4.79 Å². The van der Waals surface area contributed by atoms with Gasteiger partial charge in [-0.25, -0.2) is 0 Å². The predicted octanol–water partition coefficient (Wildman–Crippen LogP) is 1.31. The van der Waals surface area contributed by atoms with Crippen LogP contribution in [0.4, 0.5) is 0 Å². The highest BCUT2D eigenvalue weighted by atomic mass is 32.1. The first-order chi connectivity index (χ1) is 8.22. The average Bonchev–Trinajstić information content (AvgIpc) is 2.99. The number of hydrogen-bond donors (Lipinski definition) is 2. The lowest BCUT2D eigenvalue weighted by atomic mass is 10.2. The van der Waals surface area contributed by atoms with E-state index in [0.717, 1.165) is 16.9 Å². The number of rotatable bonds is 4. The smallest absolute Gasteiger partial charge is 0.262 e. The minimum absolute atomic E-state index is 0.0887. The van der Waals surface area contributed by atoms with E-state index in [0.29, 0.717) is 5.82 Å². The zero-order chi connectivity index (χ0) is 12.3. The number of thiophene rings is 1. The Morgan fingerprint density at radius 1 is 1.65 bits per heavy atom. The van der Waals surface area contributed by atoms with Crippen LogP contribution in [0.25, 0.3) is 0 Å². The lowest BCUT2D eigenvalue weighted by molar-refractivity contribution is 0.0941. The average molecular weight is 251 g/mol. The van der Waals surface area contributed by atoms with Crippen molar-refractivity contribution in [3.8, 4) is 0 Å². The van der Waals surface area contributed by atoms with E-state index in [2.05, 4.69) is 25.9 Å². The second kappa shape index (κ2) is 5.05. The Bertz CT molecular complexity index is 493. The maximum Gasteiger partial charge on any atom is 0.262 e. The molecule has 1 unspecified atom stereocenters. The van der Waals surface area contributed by atoms with Crippen molar-refractivity contribution in [1.29, 1.82) is 0 Å². The van der Waals surface area contributed by atoms with E-state index in [9.17, 15) is 4.79 Å². The molecule has 7 heteroatoms. The highest BCUT2D eigenvalue weighted by Crippen LogP contribution is 2.18. The summed E-state index contributed by atoms with van der Waals surface area (Å²) in [5.41, 5.74) is 1.06. The van der Waals surface area contributed by atoms with E-state index in [-0.39, 0.29) is 11.9 Å². The van der Waals surface area contributed by atoms with Gasteiger partial charge in [-0.2, -0.15) is 5.21 Å². The molecule has 1 amide bonds.